The lowest BCUT2D eigenvalue weighted by Crippen LogP contribution is -1.85. The molecule has 0 aliphatic heterocycles. The molecule has 5 heteroatoms. The molecule has 0 unspecified atom stereocenters. The van der Waals surface area contributed by atoms with E-state index >= 15 is 0 Å². The Balaban J connectivity index is 1.63. The zero-order chi connectivity index (χ0) is 17.9. The zero-order valence-corrected chi connectivity index (χ0v) is 14.1. The van der Waals surface area contributed by atoms with Crippen LogP contribution in [0.25, 0.3) is 22.2 Å². The Morgan fingerprint density at radius 1 is 1.00 bits per heavy atom. The molecule has 3 aromatic carbocycles. The van der Waals surface area contributed by atoms with Crippen LogP contribution in [0.5, 0.6) is 11.7 Å². The Kier molecular flexibility index (Phi) is 4.11. The molecule has 1 N–H and O–H groups in total. The van der Waals surface area contributed by atoms with Crippen LogP contribution in [0.15, 0.2) is 76.1 Å². The van der Waals surface area contributed by atoms with E-state index in [9.17, 15) is 5.11 Å². The first-order valence-corrected chi connectivity index (χ1v) is 8.10. The highest BCUT2D eigenvalue weighted by Crippen LogP contribution is 2.28. The van der Waals surface area contributed by atoms with Crippen molar-refractivity contribution in [2.45, 2.75) is 0 Å². The van der Waals surface area contributed by atoms with Gasteiger partial charge in [-0.3, -0.25) is 4.99 Å². The summed E-state index contributed by atoms with van der Waals surface area (Å²) in [4.78, 5) is 8.71. The Bertz CT molecular complexity index is 1100. The normalized spacial score (nSPS) is 11.3. The van der Waals surface area contributed by atoms with Crippen molar-refractivity contribution in [1.82, 2.24) is 4.98 Å². The van der Waals surface area contributed by atoms with E-state index in [2.05, 4.69) is 9.98 Å². The number of methoxy groups -OCH3 is 1. The van der Waals surface area contributed by atoms with Crippen molar-refractivity contribution in [3.05, 3.63) is 72.4 Å². The third-order valence-electron chi connectivity index (χ3n) is 4.02. The number of ether oxygens (including phenoxy) is 1. The van der Waals surface area contributed by atoms with Crippen molar-refractivity contribution in [3.63, 3.8) is 0 Å². The maximum atomic E-state index is 10.0. The summed E-state index contributed by atoms with van der Waals surface area (Å²) in [6.45, 7) is 0. The molecule has 4 rings (SSSR count). The molecule has 0 aliphatic rings. The fourth-order valence-electron chi connectivity index (χ4n) is 2.68. The third kappa shape index (κ3) is 3.15. The summed E-state index contributed by atoms with van der Waals surface area (Å²) in [5.41, 5.74) is 1.76. The number of aromatic nitrogens is 1. The van der Waals surface area contributed by atoms with E-state index in [0.29, 0.717) is 17.2 Å². The predicted octanol–water partition coefficient (Wildman–Crippen LogP) is 4.96. The largest absolute Gasteiger partial charge is 0.497 e. The summed E-state index contributed by atoms with van der Waals surface area (Å²) >= 11 is 0. The maximum Gasteiger partial charge on any atom is 0.312 e. The average Bonchev–Trinajstić information content (AvgIpc) is 3.07. The van der Waals surface area contributed by atoms with Gasteiger partial charge in [-0.25, -0.2) is 4.98 Å². The first kappa shape index (κ1) is 15.9. The topological polar surface area (TPSA) is 67.9 Å². The quantitative estimate of drug-likeness (QED) is 0.531. The SMILES string of the molecule is COc1cccc(-c2nc(C=Nc3ccc4ccccc4c3)c(O)o2)c1. The van der Waals surface area contributed by atoms with E-state index in [4.69, 9.17) is 9.15 Å². The molecule has 1 aromatic heterocycles. The van der Waals surface area contributed by atoms with Crippen LogP contribution in [0.1, 0.15) is 5.69 Å². The molecule has 0 saturated carbocycles. The molecular formula is C21H16N2O3. The molecule has 0 amide bonds. The Hall–Kier alpha value is -3.60. The highest BCUT2D eigenvalue weighted by molar-refractivity contribution is 5.88. The van der Waals surface area contributed by atoms with Gasteiger partial charge in [-0.15, -0.1) is 0 Å². The highest BCUT2D eigenvalue weighted by atomic mass is 16.5. The fourth-order valence-corrected chi connectivity index (χ4v) is 2.68. The van der Waals surface area contributed by atoms with E-state index in [-0.39, 0.29) is 11.6 Å². The lowest BCUT2D eigenvalue weighted by molar-refractivity contribution is 0.336. The monoisotopic (exact) mass is 344 g/mol. The summed E-state index contributed by atoms with van der Waals surface area (Å²) in [5, 5.41) is 12.3. The summed E-state index contributed by atoms with van der Waals surface area (Å²) in [6.07, 6.45) is 1.49. The summed E-state index contributed by atoms with van der Waals surface area (Å²) in [5.74, 6) is 0.722. The van der Waals surface area contributed by atoms with Gasteiger partial charge in [0.25, 0.3) is 0 Å². The number of aromatic hydroxyl groups is 1. The number of oxazole rings is 1. The molecule has 5 nitrogen and oxygen atoms in total. The van der Waals surface area contributed by atoms with Gasteiger partial charge in [-0.2, -0.15) is 0 Å². The zero-order valence-electron chi connectivity index (χ0n) is 14.1. The first-order chi connectivity index (χ1) is 12.7. The third-order valence-corrected chi connectivity index (χ3v) is 4.02. The van der Waals surface area contributed by atoms with Crippen molar-refractivity contribution in [2.75, 3.05) is 7.11 Å². The minimum atomic E-state index is -0.271. The van der Waals surface area contributed by atoms with Crippen LogP contribution >= 0.6 is 0 Å². The molecule has 0 radical (unpaired) electrons. The van der Waals surface area contributed by atoms with E-state index in [1.54, 1.807) is 13.2 Å². The molecule has 26 heavy (non-hydrogen) atoms. The number of aliphatic imine (C=N–C) groups is 1. The number of hydrogen-bond acceptors (Lipinski definition) is 5. The van der Waals surface area contributed by atoms with Gasteiger partial charge in [0.2, 0.25) is 5.89 Å². The lowest BCUT2D eigenvalue weighted by Gasteiger charge is -2.00. The maximum absolute atomic E-state index is 10.0. The minimum absolute atomic E-state index is 0.271. The standard InChI is InChI=1S/C21H16N2O3/c1-25-18-8-4-7-16(12-18)20-23-19(21(24)26-20)13-22-17-10-9-14-5-2-3-6-15(14)11-17/h2-13,24H,1H3. The van der Waals surface area contributed by atoms with Gasteiger partial charge in [0.15, 0.2) is 5.69 Å². The summed E-state index contributed by atoms with van der Waals surface area (Å²) in [6, 6.07) is 21.2. The highest BCUT2D eigenvalue weighted by Gasteiger charge is 2.13. The molecular weight excluding hydrogens is 328 g/mol. The van der Waals surface area contributed by atoms with Gasteiger partial charge in [0.05, 0.1) is 19.0 Å². The molecule has 0 saturated heterocycles. The summed E-state index contributed by atoms with van der Waals surface area (Å²) in [7, 11) is 1.59. The van der Waals surface area contributed by atoms with Crippen LogP contribution in [-0.2, 0) is 0 Å². The van der Waals surface area contributed by atoms with Crippen LogP contribution in [0.2, 0.25) is 0 Å². The molecule has 1 heterocycles. The second-order valence-corrected chi connectivity index (χ2v) is 5.73. The predicted molar refractivity (Wildman–Crippen MR) is 101 cm³/mol. The molecule has 0 atom stereocenters. The van der Waals surface area contributed by atoms with E-state index < -0.39 is 0 Å². The van der Waals surface area contributed by atoms with Crippen molar-refractivity contribution >= 4 is 22.7 Å². The van der Waals surface area contributed by atoms with Gasteiger partial charge < -0.3 is 14.3 Å². The van der Waals surface area contributed by atoms with Gasteiger partial charge in [-0.1, -0.05) is 36.4 Å². The number of hydrogen-bond donors (Lipinski definition) is 1. The smallest absolute Gasteiger partial charge is 0.312 e. The Morgan fingerprint density at radius 3 is 2.69 bits per heavy atom. The summed E-state index contributed by atoms with van der Waals surface area (Å²) < 4.78 is 10.6. The van der Waals surface area contributed by atoms with Gasteiger partial charge >= 0.3 is 5.95 Å². The van der Waals surface area contributed by atoms with E-state index in [0.717, 1.165) is 16.5 Å². The second kappa shape index (κ2) is 6.72. The average molecular weight is 344 g/mol. The Labute approximate surface area is 150 Å². The minimum Gasteiger partial charge on any atom is -0.497 e. The van der Waals surface area contributed by atoms with Crippen LogP contribution in [-0.4, -0.2) is 23.4 Å². The van der Waals surface area contributed by atoms with Crippen molar-refractivity contribution in [1.29, 1.82) is 0 Å². The van der Waals surface area contributed by atoms with Gasteiger partial charge in [-0.05, 0) is 41.1 Å². The van der Waals surface area contributed by atoms with Crippen LogP contribution in [0.3, 0.4) is 0 Å². The molecule has 128 valence electrons. The molecule has 0 aliphatic carbocycles. The van der Waals surface area contributed by atoms with Crippen LogP contribution < -0.4 is 4.74 Å². The van der Waals surface area contributed by atoms with Crippen LogP contribution in [0.4, 0.5) is 5.69 Å². The van der Waals surface area contributed by atoms with Crippen molar-refractivity contribution in [3.8, 4) is 23.1 Å². The first-order valence-electron chi connectivity index (χ1n) is 8.10. The van der Waals surface area contributed by atoms with Crippen molar-refractivity contribution < 1.29 is 14.3 Å². The molecule has 0 spiro atoms. The molecule has 0 bridgehead atoms. The molecule has 4 aromatic rings. The Morgan fingerprint density at radius 2 is 1.85 bits per heavy atom. The second-order valence-electron chi connectivity index (χ2n) is 5.73. The number of rotatable bonds is 4. The van der Waals surface area contributed by atoms with Gasteiger partial charge in [0, 0.05) is 5.56 Å². The van der Waals surface area contributed by atoms with Crippen molar-refractivity contribution in [2.24, 2.45) is 4.99 Å². The molecule has 0 fully saturated rings. The number of benzene rings is 3. The van der Waals surface area contributed by atoms with Gasteiger partial charge in [0.1, 0.15) is 5.75 Å². The van der Waals surface area contributed by atoms with Crippen LogP contribution in [0, 0.1) is 0 Å². The fraction of sp³-hybridized carbons (Fsp3) is 0.0476. The van der Waals surface area contributed by atoms with E-state index in [1.165, 1.54) is 6.21 Å². The number of nitrogens with zero attached hydrogens (tertiary/aromatic N) is 2. The van der Waals surface area contributed by atoms with E-state index in [1.807, 2.05) is 60.7 Å². The number of fused-ring (bicyclic) bond motifs is 1. The lowest BCUT2D eigenvalue weighted by atomic mass is 10.1.